The van der Waals surface area contributed by atoms with Crippen LogP contribution in [0.25, 0.3) is 0 Å². The maximum atomic E-state index is 4.51. The molecule has 0 saturated carbocycles. The van der Waals surface area contributed by atoms with E-state index in [0.29, 0.717) is 0 Å². The molecule has 0 spiro atoms. The molecule has 108 valence electrons. The minimum atomic E-state index is 0.143. The third kappa shape index (κ3) is 3.45. The fourth-order valence-electron chi connectivity index (χ4n) is 1.83. The summed E-state index contributed by atoms with van der Waals surface area (Å²) in [6.45, 7) is 6.30. The molecule has 1 atom stereocenters. The van der Waals surface area contributed by atoms with E-state index < -0.39 is 0 Å². The van der Waals surface area contributed by atoms with Crippen molar-refractivity contribution in [1.29, 1.82) is 0 Å². The molecule has 0 fully saturated rings. The van der Waals surface area contributed by atoms with Crippen LogP contribution in [0, 0.1) is 0 Å². The number of aromatic nitrogens is 3. The summed E-state index contributed by atoms with van der Waals surface area (Å²) in [6.07, 6.45) is 3.80. The van der Waals surface area contributed by atoms with Gasteiger partial charge in [0.2, 0.25) is 0 Å². The van der Waals surface area contributed by atoms with Crippen molar-refractivity contribution in [2.45, 2.75) is 39.7 Å². The molecule has 1 unspecified atom stereocenters. The van der Waals surface area contributed by atoms with Crippen LogP contribution in [-0.4, -0.2) is 22.0 Å². The lowest BCUT2D eigenvalue weighted by Gasteiger charge is -2.13. The number of nitrogens with one attached hydrogen (secondary N) is 2. The van der Waals surface area contributed by atoms with E-state index in [-0.39, 0.29) is 6.04 Å². The first-order valence-corrected chi connectivity index (χ1v) is 7.74. The third-order valence-electron chi connectivity index (χ3n) is 3.00. The standard InChI is InChI=1S/C14H21N5S/c1-5-10-8-16-14(20-10)9(3)17-13-7-12(15-4)18-11(6-2)19-13/h7-9H,5-6H2,1-4H3,(H2,15,17,18,19). The SMILES string of the molecule is CCc1nc(NC)cc(NC(C)c2ncc(CC)s2)n1. The van der Waals surface area contributed by atoms with Crippen molar-refractivity contribution < 1.29 is 0 Å². The number of nitrogens with zero attached hydrogens (tertiary/aromatic N) is 3. The van der Waals surface area contributed by atoms with Gasteiger partial charge in [-0.2, -0.15) is 0 Å². The van der Waals surface area contributed by atoms with Crippen molar-refractivity contribution in [3.8, 4) is 0 Å². The predicted molar refractivity (Wildman–Crippen MR) is 84.5 cm³/mol. The molecule has 2 rings (SSSR count). The summed E-state index contributed by atoms with van der Waals surface area (Å²) < 4.78 is 0. The van der Waals surface area contributed by atoms with Crippen LogP contribution in [0.2, 0.25) is 0 Å². The van der Waals surface area contributed by atoms with Gasteiger partial charge < -0.3 is 10.6 Å². The predicted octanol–water partition coefficient (Wildman–Crippen LogP) is 3.27. The average Bonchev–Trinajstić information content (AvgIpc) is 2.95. The smallest absolute Gasteiger partial charge is 0.132 e. The molecule has 0 bridgehead atoms. The highest BCUT2D eigenvalue weighted by molar-refractivity contribution is 7.11. The van der Waals surface area contributed by atoms with E-state index in [2.05, 4.69) is 46.4 Å². The summed E-state index contributed by atoms with van der Waals surface area (Å²) in [7, 11) is 1.86. The Morgan fingerprint density at radius 2 is 1.95 bits per heavy atom. The summed E-state index contributed by atoms with van der Waals surface area (Å²) in [4.78, 5) is 14.7. The monoisotopic (exact) mass is 291 g/mol. The van der Waals surface area contributed by atoms with Gasteiger partial charge in [0.25, 0.3) is 0 Å². The lowest BCUT2D eigenvalue weighted by molar-refractivity contribution is 0.847. The summed E-state index contributed by atoms with van der Waals surface area (Å²) in [5.41, 5.74) is 0. The van der Waals surface area contributed by atoms with Crippen molar-refractivity contribution in [3.05, 3.63) is 28.0 Å². The number of aryl methyl sites for hydroxylation is 2. The van der Waals surface area contributed by atoms with E-state index >= 15 is 0 Å². The molecular formula is C14H21N5S. The van der Waals surface area contributed by atoms with Crippen molar-refractivity contribution in [2.75, 3.05) is 17.7 Å². The van der Waals surface area contributed by atoms with Crippen LogP contribution in [0.3, 0.4) is 0 Å². The molecule has 2 aromatic rings. The summed E-state index contributed by atoms with van der Waals surface area (Å²) in [6, 6.07) is 2.06. The van der Waals surface area contributed by atoms with Crippen molar-refractivity contribution in [2.24, 2.45) is 0 Å². The van der Waals surface area contributed by atoms with E-state index in [0.717, 1.165) is 35.3 Å². The molecular weight excluding hydrogens is 270 g/mol. The first-order chi connectivity index (χ1) is 9.66. The molecule has 2 N–H and O–H groups in total. The molecule has 6 heteroatoms. The van der Waals surface area contributed by atoms with Crippen LogP contribution >= 0.6 is 11.3 Å². The number of rotatable bonds is 6. The topological polar surface area (TPSA) is 62.7 Å². The zero-order valence-corrected chi connectivity index (χ0v) is 13.2. The Balaban J connectivity index is 2.15. The number of hydrogen-bond donors (Lipinski definition) is 2. The Kier molecular flexibility index (Phi) is 4.89. The highest BCUT2D eigenvalue weighted by atomic mass is 32.1. The van der Waals surface area contributed by atoms with Crippen LogP contribution in [0.4, 0.5) is 11.6 Å². The van der Waals surface area contributed by atoms with E-state index in [9.17, 15) is 0 Å². The molecule has 0 aliphatic carbocycles. The van der Waals surface area contributed by atoms with Gasteiger partial charge in [0.05, 0.1) is 6.04 Å². The Morgan fingerprint density at radius 1 is 1.20 bits per heavy atom. The van der Waals surface area contributed by atoms with Crippen LogP contribution < -0.4 is 10.6 Å². The van der Waals surface area contributed by atoms with Gasteiger partial charge in [0.1, 0.15) is 22.5 Å². The normalized spacial score (nSPS) is 12.2. The van der Waals surface area contributed by atoms with Gasteiger partial charge >= 0.3 is 0 Å². The molecule has 5 nitrogen and oxygen atoms in total. The highest BCUT2D eigenvalue weighted by Crippen LogP contribution is 2.24. The lowest BCUT2D eigenvalue weighted by Crippen LogP contribution is -2.10. The minimum absolute atomic E-state index is 0.143. The Morgan fingerprint density at radius 3 is 2.55 bits per heavy atom. The summed E-state index contributed by atoms with van der Waals surface area (Å²) >= 11 is 1.75. The van der Waals surface area contributed by atoms with E-state index in [1.165, 1.54) is 4.88 Å². The third-order valence-corrected chi connectivity index (χ3v) is 4.32. The number of hydrogen-bond acceptors (Lipinski definition) is 6. The van der Waals surface area contributed by atoms with Crippen molar-refractivity contribution >= 4 is 23.0 Å². The first kappa shape index (κ1) is 14.7. The van der Waals surface area contributed by atoms with E-state index in [4.69, 9.17) is 0 Å². The molecule has 2 heterocycles. The van der Waals surface area contributed by atoms with E-state index in [1.54, 1.807) is 11.3 Å². The first-order valence-electron chi connectivity index (χ1n) is 6.93. The Labute approximate surface area is 123 Å². The molecule has 0 aliphatic rings. The number of anilines is 2. The maximum absolute atomic E-state index is 4.51. The minimum Gasteiger partial charge on any atom is -0.373 e. The molecule has 0 aliphatic heterocycles. The van der Waals surface area contributed by atoms with Gasteiger partial charge in [-0.05, 0) is 13.3 Å². The van der Waals surface area contributed by atoms with E-state index in [1.807, 2.05) is 19.3 Å². The van der Waals surface area contributed by atoms with Gasteiger partial charge in [0, 0.05) is 30.6 Å². The van der Waals surface area contributed by atoms with Gasteiger partial charge in [0.15, 0.2) is 0 Å². The second kappa shape index (κ2) is 6.65. The molecule has 20 heavy (non-hydrogen) atoms. The second-order valence-electron chi connectivity index (χ2n) is 4.54. The van der Waals surface area contributed by atoms with Crippen molar-refractivity contribution in [3.63, 3.8) is 0 Å². The van der Waals surface area contributed by atoms with Crippen LogP contribution in [0.5, 0.6) is 0 Å². The lowest BCUT2D eigenvalue weighted by atomic mass is 10.3. The zero-order valence-electron chi connectivity index (χ0n) is 12.4. The van der Waals surface area contributed by atoms with Gasteiger partial charge in [-0.15, -0.1) is 11.3 Å². The quantitative estimate of drug-likeness (QED) is 0.855. The fraction of sp³-hybridized carbons (Fsp3) is 0.500. The molecule has 2 aromatic heterocycles. The molecule has 0 saturated heterocycles. The molecule has 0 aromatic carbocycles. The maximum Gasteiger partial charge on any atom is 0.132 e. The van der Waals surface area contributed by atoms with Gasteiger partial charge in [-0.1, -0.05) is 13.8 Å². The zero-order chi connectivity index (χ0) is 14.5. The van der Waals surface area contributed by atoms with Crippen molar-refractivity contribution in [1.82, 2.24) is 15.0 Å². The average molecular weight is 291 g/mol. The van der Waals surface area contributed by atoms with Crippen LogP contribution in [0.15, 0.2) is 12.3 Å². The van der Waals surface area contributed by atoms with Gasteiger partial charge in [-0.25, -0.2) is 15.0 Å². The van der Waals surface area contributed by atoms with Gasteiger partial charge in [-0.3, -0.25) is 0 Å². The Bertz CT molecular complexity index is 544. The highest BCUT2D eigenvalue weighted by Gasteiger charge is 2.12. The van der Waals surface area contributed by atoms with Crippen LogP contribution in [-0.2, 0) is 12.8 Å². The molecule has 0 amide bonds. The number of thiazole rings is 1. The second-order valence-corrected chi connectivity index (χ2v) is 5.69. The molecule has 0 radical (unpaired) electrons. The summed E-state index contributed by atoms with van der Waals surface area (Å²) in [5.74, 6) is 2.50. The summed E-state index contributed by atoms with van der Waals surface area (Å²) in [5, 5.41) is 7.55. The largest absolute Gasteiger partial charge is 0.373 e. The van der Waals surface area contributed by atoms with Crippen LogP contribution in [0.1, 0.15) is 42.5 Å². The Hall–Kier alpha value is -1.69. The fourth-order valence-corrected chi connectivity index (χ4v) is 2.69.